The SMILES string of the molecule is COC(=O)C(NC(=O)OCc1ccccc1)c1ccc(OS(=O)(=O)c2ccc(C)cc2)cc1. The van der Waals surface area contributed by atoms with Gasteiger partial charge in [0, 0.05) is 0 Å². The zero-order chi connectivity index (χ0) is 23.8. The highest BCUT2D eigenvalue weighted by atomic mass is 32.2. The Morgan fingerprint density at radius 1 is 0.909 bits per heavy atom. The Hall–Kier alpha value is -3.85. The maximum absolute atomic E-state index is 12.5. The first-order chi connectivity index (χ1) is 15.8. The van der Waals surface area contributed by atoms with Crippen molar-refractivity contribution in [3.63, 3.8) is 0 Å². The van der Waals surface area contributed by atoms with Gasteiger partial charge >= 0.3 is 22.2 Å². The third-order valence-corrected chi connectivity index (χ3v) is 5.90. The predicted molar refractivity (Wildman–Crippen MR) is 120 cm³/mol. The van der Waals surface area contributed by atoms with Crippen LogP contribution in [0.3, 0.4) is 0 Å². The van der Waals surface area contributed by atoms with Crippen molar-refractivity contribution in [2.24, 2.45) is 0 Å². The molecule has 0 bridgehead atoms. The summed E-state index contributed by atoms with van der Waals surface area (Å²) >= 11 is 0. The first-order valence-corrected chi connectivity index (χ1v) is 11.4. The van der Waals surface area contributed by atoms with Gasteiger partial charge in [-0.15, -0.1) is 0 Å². The maximum atomic E-state index is 12.5. The summed E-state index contributed by atoms with van der Waals surface area (Å²) in [7, 11) is -2.83. The van der Waals surface area contributed by atoms with Crippen LogP contribution in [0.5, 0.6) is 5.75 Å². The first kappa shape index (κ1) is 23.8. The zero-order valence-electron chi connectivity index (χ0n) is 18.1. The van der Waals surface area contributed by atoms with Crippen LogP contribution < -0.4 is 9.50 Å². The molecule has 0 saturated carbocycles. The van der Waals surface area contributed by atoms with Gasteiger partial charge in [-0.25, -0.2) is 9.59 Å². The lowest BCUT2D eigenvalue weighted by molar-refractivity contribution is -0.143. The van der Waals surface area contributed by atoms with Crippen LogP contribution in [0.15, 0.2) is 83.8 Å². The molecule has 3 rings (SSSR count). The van der Waals surface area contributed by atoms with Gasteiger partial charge in [-0.3, -0.25) is 0 Å². The maximum Gasteiger partial charge on any atom is 0.408 e. The number of carbonyl (C=O) groups excluding carboxylic acids is 2. The topological polar surface area (TPSA) is 108 Å². The highest BCUT2D eigenvalue weighted by Crippen LogP contribution is 2.23. The molecule has 0 aliphatic rings. The van der Waals surface area contributed by atoms with E-state index in [1.165, 1.54) is 43.5 Å². The number of rotatable bonds is 8. The van der Waals surface area contributed by atoms with E-state index < -0.39 is 28.2 Å². The van der Waals surface area contributed by atoms with Crippen molar-refractivity contribution in [3.8, 4) is 5.75 Å². The minimum Gasteiger partial charge on any atom is -0.467 e. The molecule has 0 radical (unpaired) electrons. The van der Waals surface area contributed by atoms with Crippen molar-refractivity contribution in [1.82, 2.24) is 5.32 Å². The van der Waals surface area contributed by atoms with Gasteiger partial charge in [0.2, 0.25) is 0 Å². The van der Waals surface area contributed by atoms with E-state index in [2.05, 4.69) is 5.32 Å². The molecule has 0 spiro atoms. The smallest absolute Gasteiger partial charge is 0.408 e. The third-order valence-electron chi connectivity index (χ3n) is 4.64. The minimum absolute atomic E-state index is 0.0208. The predicted octanol–water partition coefficient (Wildman–Crippen LogP) is 3.90. The lowest BCUT2D eigenvalue weighted by Gasteiger charge is -2.17. The van der Waals surface area contributed by atoms with Crippen LogP contribution in [0, 0.1) is 6.92 Å². The summed E-state index contributed by atoms with van der Waals surface area (Å²) in [6.45, 7) is 1.88. The average Bonchev–Trinajstić information content (AvgIpc) is 2.82. The second kappa shape index (κ2) is 10.6. The lowest BCUT2D eigenvalue weighted by atomic mass is 10.1. The monoisotopic (exact) mass is 469 g/mol. The number of benzene rings is 3. The van der Waals surface area contributed by atoms with Gasteiger partial charge in [-0.1, -0.05) is 60.2 Å². The fourth-order valence-electron chi connectivity index (χ4n) is 2.87. The highest BCUT2D eigenvalue weighted by Gasteiger charge is 2.25. The number of nitrogens with one attached hydrogen (secondary N) is 1. The fourth-order valence-corrected chi connectivity index (χ4v) is 3.80. The van der Waals surface area contributed by atoms with Crippen LogP contribution in [0.2, 0.25) is 0 Å². The van der Waals surface area contributed by atoms with Gasteiger partial charge in [-0.05, 0) is 42.3 Å². The van der Waals surface area contributed by atoms with Crippen LogP contribution in [0.1, 0.15) is 22.7 Å². The summed E-state index contributed by atoms with van der Waals surface area (Å²) in [6, 6.07) is 19.9. The van der Waals surface area contributed by atoms with Crippen LogP contribution in [0.4, 0.5) is 4.79 Å². The summed E-state index contributed by atoms with van der Waals surface area (Å²) in [4.78, 5) is 24.5. The van der Waals surface area contributed by atoms with E-state index in [4.69, 9.17) is 13.7 Å². The molecule has 9 heteroatoms. The van der Waals surface area contributed by atoms with Crippen molar-refractivity contribution in [2.75, 3.05) is 7.11 Å². The Balaban J connectivity index is 1.69. The van der Waals surface area contributed by atoms with E-state index in [0.717, 1.165) is 11.1 Å². The van der Waals surface area contributed by atoms with Crippen LogP contribution in [-0.2, 0) is 31.0 Å². The molecule has 0 aromatic heterocycles. The summed E-state index contributed by atoms with van der Waals surface area (Å²) in [6.07, 6.45) is -0.809. The number of hydrogen-bond acceptors (Lipinski definition) is 7. The highest BCUT2D eigenvalue weighted by molar-refractivity contribution is 7.87. The van der Waals surface area contributed by atoms with Crippen LogP contribution >= 0.6 is 0 Å². The molecule has 0 aliphatic heterocycles. The zero-order valence-corrected chi connectivity index (χ0v) is 18.9. The van der Waals surface area contributed by atoms with Gasteiger partial charge in [0.15, 0.2) is 6.04 Å². The Bertz CT molecular complexity index is 1190. The fraction of sp³-hybridized carbons (Fsp3) is 0.167. The van der Waals surface area contributed by atoms with Gasteiger partial charge < -0.3 is 19.0 Å². The van der Waals surface area contributed by atoms with Gasteiger partial charge in [0.05, 0.1) is 7.11 Å². The number of alkyl carbamates (subject to hydrolysis) is 1. The molecule has 1 N–H and O–H groups in total. The number of methoxy groups -OCH3 is 1. The quantitative estimate of drug-likeness (QED) is 0.394. The number of ether oxygens (including phenoxy) is 2. The molecular weight excluding hydrogens is 446 g/mol. The number of esters is 1. The van der Waals surface area contributed by atoms with E-state index in [1.807, 2.05) is 25.1 Å². The van der Waals surface area contributed by atoms with Gasteiger partial charge in [0.1, 0.15) is 17.3 Å². The molecular formula is C24H23NO7S. The van der Waals surface area contributed by atoms with Gasteiger partial charge in [0.25, 0.3) is 0 Å². The van der Waals surface area contributed by atoms with Gasteiger partial charge in [-0.2, -0.15) is 8.42 Å². The van der Waals surface area contributed by atoms with Crippen LogP contribution in [-0.4, -0.2) is 27.6 Å². The largest absolute Gasteiger partial charge is 0.467 e. The Morgan fingerprint density at radius 2 is 1.55 bits per heavy atom. The van der Waals surface area contributed by atoms with Crippen LogP contribution in [0.25, 0.3) is 0 Å². The number of hydrogen-bond donors (Lipinski definition) is 1. The second-order valence-electron chi connectivity index (χ2n) is 7.08. The number of carbonyl (C=O) groups is 2. The molecule has 3 aromatic carbocycles. The third kappa shape index (κ3) is 6.56. The lowest BCUT2D eigenvalue weighted by Crippen LogP contribution is -2.34. The molecule has 0 fully saturated rings. The number of amides is 1. The molecule has 172 valence electrons. The summed E-state index contributed by atoms with van der Waals surface area (Å²) in [5.74, 6) is -0.665. The molecule has 8 nitrogen and oxygen atoms in total. The van der Waals surface area contributed by atoms with Crippen molar-refractivity contribution < 1.29 is 31.7 Å². The number of aryl methyl sites for hydroxylation is 1. The van der Waals surface area contributed by atoms with Crippen molar-refractivity contribution >= 4 is 22.2 Å². The molecule has 0 heterocycles. The summed E-state index contributed by atoms with van der Waals surface area (Å²) in [5, 5.41) is 2.46. The normalized spacial score (nSPS) is 11.8. The van der Waals surface area contributed by atoms with Crippen molar-refractivity contribution in [1.29, 1.82) is 0 Å². The Morgan fingerprint density at radius 3 is 2.15 bits per heavy atom. The molecule has 1 amide bonds. The van der Waals surface area contributed by atoms with E-state index in [1.54, 1.807) is 24.3 Å². The van der Waals surface area contributed by atoms with E-state index >= 15 is 0 Å². The summed E-state index contributed by atoms with van der Waals surface area (Å²) < 4.78 is 40.0. The van der Waals surface area contributed by atoms with Crippen molar-refractivity contribution in [2.45, 2.75) is 24.5 Å². The molecule has 3 aromatic rings. The standard InChI is InChI=1S/C24H23NO7S/c1-17-8-14-21(15-9-17)33(28,29)32-20-12-10-19(11-13-20)22(23(26)30-2)25-24(27)31-16-18-6-4-3-5-7-18/h3-15,22H,16H2,1-2H3,(H,25,27). The van der Waals surface area contributed by atoms with E-state index in [9.17, 15) is 18.0 Å². The Labute approximate surface area is 192 Å². The molecule has 0 saturated heterocycles. The summed E-state index contributed by atoms with van der Waals surface area (Å²) in [5.41, 5.74) is 2.07. The van der Waals surface area contributed by atoms with Crippen molar-refractivity contribution in [3.05, 3.63) is 95.6 Å². The molecule has 0 aliphatic carbocycles. The average molecular weight is 470 g/mol. The molecule has 1 atom stereocenters. The molecule has 33 heavy (non-hydrogen) atoms. The van der Waals surface area contributed by atoms with E-state index in [-0.39, 0.29) is 17.3 Å². The first-order valence-electron chi connectivity index (χ1n) is 9.94. The van der Waals surface area contributed by atoms with E-state index in [0.29, 0.717) is 5.56 Å². The Kier molecular flexibility index (Phi) is 7.68. The minimum atomic E-state index is -4.02. The second-order valence-corrected chi connectivity index (χ2v) is 8.63. The molecule has 1 unspecified atom stereocenters.